The fourth-order valence-electron chi connectivity index (χ4n) is 0.493. The van der Waals surface area contributed by atoms with Crippen LogP contribution in [0.1, 0.15) is 0 Å². The second-order valence-corrected chi connectivity index (χ2v) is 3.45. The summed E-state index contributed by atoms with van der Waals surface area (Å²) in [5.41, 5.74) is -0.297. The molecule has 0 saturated carbocycles. The van der Waals surface area contributed by atoms with Crippen LogP contribution in [0.3, 0.4) is 0 Å². The first-order chi connectivity index (χ1) is 6.04. The zero-order valence-corrected chi connectivity index (χ0v) is 9.41. The van der Waals surface area contributed by atoms with Crippen molar-refractivity contribution in [2.45, 2.75) is 0 Å². The average Bonchev–Trinajstić information content (AvgIpc) is 2.04. The molecule has 0 saturated heterocycles. The minimum absolute atomic E-state index is 0.0146. The fraction of sp³-hybridized carbons (Fsp3) is 0. The van der Waals surface area contributed by atoms with Gasteiger partial charge in [-0.05, 0) is 43.1 Å². The molecule has 0 amide bonds. The van der Waals surface area contributed by atoms with E-state index in [2.05, 4.69) is 43.6 Å². The molecule has 0 aliphatic heterocycles. The molecule has 0 aliphatic carbocycles. The maximum atomic E-state index is 10.5. The Hall–Kier alpha value is -0.820. The van der Waals surface area contributed by atoms with Gasteiger partial charge >= 0.3 is 0 Å². The van der Waals surface area contributed by atoms with Crippen molar-refractivity contribution >= 4 is 31.9 Å². The first kappa shape index (κ1) is 12.2. The van der Waals surface area contributed by atoms with Crippen molar-refractivity contribution < 1.29 is 4.92 Å². The first-order valence-corrected chi connectivity index (χ1v) is 4.48. The third kappa shape index (κ3) is 3.60. The minimum atomic E-state index is -0.655. The molecule has 0 radical (unpaired) electrons. The normalized spacial score (nSPS) is 13.2. The van der Waals surface area contributed by atoms with Gasteiger partial charge in [0, 0.05) is 0 Å². The zero-order chi connectivity index (χ0) is 10.4. The molecule has 0 heterocycles. The van der Waals surface area contributed by atoms with E-state index in [4.69, 9.17) is 0 Å². The van der Waals surface area contributed by atoms with Crippen LogP contribution in [0.25, 0.3) is 0 Å². The Bertz CT molecular complexity index is 309. The molecule has 0 atom stereocenters. The number of rotatable bonds is 4. The number of hydrogen-bond donors (Lipinski definition) is 0. The quantitative estimate of drug-likeness (QED) is 0.346. The number of nitroso groups, excluding NO2 is 1. The standard InChI is InChI=1S/C6H4Br2N2O3/c1-2-4(7)6(10(12)13)5(8)3-9-11/h2-3H,1H2/b5-3+,6-4-. The van der Waals surface area contributed by atoms with Gasteiger partial charge in [-0.15, -0.1) is 4.91 Å². The predicted molar refractivity (Wildman–Crippen MR) is 55.9 cm³/mol. The van der Waals surface area contributed by atoms with Gasteiger partial charge < -0.3 is 0 Å². The topological polar surface area (TPSA) is 72.6 Å². The lowest BCUT2D eigenvalue weighted by Crippen LogP contribution is -1.99. The van der Waals surface area contributed by atoms with Gasteiger partial charge in [-0.1, -0.05) is 6.58 Å². The van der Waals surface area contributed by atoms with E-state index in [1.165, 1.54) is 6.08 Å². The lowest BCUT2D eigenvalue weighted by Gasteiger charge is -1.95. The number of hydrogen-bond acceptors (Lipinski definition) is 4. The van der Waals surface area contributed by atoms with Crippen molar-refractivity contribution in [2.24, 2.45) is 5.18 Å². The Morgan fingerprint density at radius 2 is 2.08 bits per heavy atom. The molecule has 0 fully saturated rings. The number of nitro groups is 1. The summed E-state index contributed by atoms with van der Waals surface area (Å²) >= 11 is 5.76. The summed E-state index contributed by atoms with van der Waals surface area (Å²) < 4.78 is 0.156. The van der Waals surface area contributed by atoms with Crippen LogP contribution in [0.5, 0.6) is 0 Å². The first-order valence-electron chi connectivity index (χ1n) is 2.89. The van der Waals surface area contributed by atoms with Gasteiger partial charge in [-0.3, -0.25) is 10.1 Å². The van der Waals surface area contributed by atoms with Crippen LogP contribution in [0.2, 0.25) is 0 Å². The van der Waals surface area contributed by atoms with E-state index in [0.29, 0.717) is 0 Å². The largest absolute Gasteiger partial charge is 0.299 e. The average molecular weight is 312 g/mol. The number of nitrogens with zero attached hydrogens (tertiary/aromatic N) is 2. The minimum Gasteiger partial charge on any atom is -0.258 e. The molecule has 0 aromatic carbocycles. The van der Waals surface area contributed by atoms with Crippen LogP contribution in [0, 0.1) is 15.0 Å². The van der Waals surface area contributed by atoms with Crippen LogP contribution >= 0.6 is 31.9 Å². The van der Waals surface area contributed by atoms with Crippen LogP contribution < -0.4 is 0 Å². The van der Waals surface area contributed by atoms with Crippen molar-refractivity contribution in [1.82, 2.24) is 0 Å². The number of allylic oxidation sites excluding steroid dienone is 3. The van der Waals surface area contributed by atoms with Gasteiger partial charge in [0.2, 0.25) is 0 Å². The van der Waals surface area contributed by atoms with Gasteiger partial charge in [-0.25, -0.2) is 0 Å². The van der Waals surface area contributed by atoms with Gasteiger partial charge in [0.25, 0.3) is 5.70 Å². The molecule has 0 bridgehead atoms. The highest BCUT2D eigenvalue weighted by Gasteiger charge is 2.18. The summed E-state index contributed by atoms with van der Waals surface area (Å²) in [6.07, 6.45) is 2.04. The van der Waals surface area contributed by atoms with Crippen molar-refractivity contribution in [3.05, 3.63) is 48.5 Å². The molecule has 0 N–H and O–H groups in total. The summed E-state index contributed by atoms with van der Waals surface area (Å²) in [6.45, 7) is 3.34. The smallest absolute Gasteiger partial charge is 0.258 e. The van der Waals surface area contributed by atoms with Crippen LogP contribution in [0.15, 0.2) is 38.7 Å². The van der Waals surface area contributed by atoms with E-state index in [0.717, 1.165) is 6.20 Å². The highest BCUT2D eigenvalue weighted by molar-refractivity contribution is 9.12. The Kier molecular flexibility index (Phi) is 5.40. The summed E-state index contributed by atoms with van der Waals surface area (Å²) in [5, 5.41) is 12.9. The Balaban J connectivity index is 5.28. The Morgan fingerprint density at radius 3 is 2.38 bits per heavy atom. The highest BCUT2D eigenvalue weighted by atomic mass is 79.9. The van der Waals surface area contributed by atoms with E-state index < -0.39 is 4.92 Å². The maximum Gasteiger partial charge on any atom is 0.299 e. The summed E-state index contributed by atoms with van der Waals surface area (Å²) in [6, 6.07) is 0. The van der Waals surface area contributed by atoms with Crippen LogP contribution in [0.4, 0.5) is 0 Å². The molecule has 70 valence electrons. The third-order valence-electron chi connectivity index (χ3n) is 0.980. The number of halogens is 2. The van der Waals surface area contributed by atoms with Gasteiger partial charge in [-0.2, -0.15) is 0 Å². The molecular formula is C6H4Br2N2O3. The lowest BCUT2D eigenvalue weighted by atomic mass is 10.4. The van der Waals surface area contributed by atoms with E-state index >= 15 is 0 Å². The zero-order valence-electron chi connectivity index (χ0n) is 6.24. The molecular weight excluding hydrogens is 308 g/mol. The molecule has 13 heavy (non-hydrogen) atoms. The second-order valence-electron chi connectivity index (χ2n) is 1.74. The van der Waals surface area contributed by atoms with Crippen molar-refractivity contribution in [2.75, 3.05) is 0 Å². The molecule has 5 nitrogen and oxygen atoms in total. The molecule has 0 aromatic rings. The third-order valence-corrected chi connectivity index (χ3v) is 2.26. The van der Waals surface area contributed by atoms with Crippen LogP contribution in [-0.4, -0.2) is 4.92 Å². The van der Waals surface area contributed by atoms with Crippen LogP contribution in [-0.2, 0) is 0 Å². The second kappa shape index (κ2) is 5.76. The van der Waals surface area contributed by atoms with Crippen molar-refractivity contribution in [3.8, 4) is 0 Å². The van der Waals surface area contributed by atoms with Gasteiger partial charge in [0.05, 0.1) is 15.6 Å². The van der Waals surface area contributed by atoms with E-state index in [1.807, 2.05) is 0 Å². The summed E-state index contributed by atoms with van der Waals surface area (Å²) in [7, 11) is 0. The van der Waals surface area contributed by atoms with Crippen molar-refractivity contribution in [3.63, 3.8) is 0 Å². The predicted octanol–water partition coefficient (Wildman–Crippen LogP) is 3.06. The molecule has 0 unspecified atom stereocenters. The maximum absolute atomic E-state index is 10.5. The van der Waals surface area contributed by atoms with Gasteiger partial charge in [0.1, 0.15) is 4.48 Å². The fourth-order valence-corrected chi connectivity index (χ4v) is 1.56. The lowest BCUT2D eigenvalue weighted by molar-refractivity contribution is -0.419. The highest BCUT2D eigenvalue weighted by Crippen LogP contribution is 2.25. The molecule has 0 aromatic heterocycles. The molecule has 0 spiro atoms. The molecule has 7 heteroatoms. The Labute approximate surface area is 90.6 Å². The molecule has 0 rings (SSSR count). The summed E-state index contributed by atoms with van der Waals surface area (Å²) in [4.78, 5) is 19.6. The van der Waals surface area contributed by atoms with E-state index in [1.54, 1.807) is 0 Å². The monoisotopic (exact) mass is 310 g/mol. The SMILES string of the molecule is C=C/C(Br)=C(\C(Br)=C/N=O)[N+](=O)[O-]. The Morgan fingerprint density at radius 1 is 1.54 bits per heavy atom. The summed E-state index contributed by atoms with van der Waals surface area (Å²) in [5.74, 6) is 0. The molecule has 0 aliphatic rings. The van der Waals surface area contributed by atoms with E-state index in [-0.39, 0.29) is 14.7 Å². The van der Waals surface area contributed by atoms with E-state index in [9.17, 15) is 15.0 Å². The van der Waals surface area contributed by atoms with Gasteiger partial charge in [0.15, 0.2) is 0 Å². The van der Waals surface area contributed by atoms with Crippen molar-refractivity contribution in [1.29, 1.82) is 0 Å².